The fraction of sp³-hybridized carbons (Fsp3) is 0.600. The molecule has 0 spiro atoms. The second-order valence-corrected chi connectivity index (χ2v) is 5.07. The Morgan fingerprint density at radius 2 is 2.28 bits per heavy atom. The van der Waals surface area contributed by atoms with Gasteiger partial charge in [0.15, 0.2) is 0 Å². The van der Waals surface area contributed by atoms with Crippen LogP contribution < -0.4 is 0 Å². The van der Waals surface area contributed by atoms with E-state index < -0.39 is 0 Å². The van der Waals surface area contributed by atoms with Crippen LogP contribution in [0.2, 0.25) is 0 Å². The largest absolute Gasteiger partial charge is 0.378 e. The Kier molecular flexibility index (Phi) is 4.72. The lowest BCUT2D eigenvalue weighted by molar-refractivity contribution is -0.0147. The molecule has 0 aromatic heterocycles. The SMILES string of the molecule is CCCC1COCCN1Cc1ccc(F)c(C)c1. The van der Waals surface area contributed by atoms with Crippen LogP contribution in [0.25, 0.3) is 0 Å². The highest BCUT2D eigenvalue weighted by Gasteiger charge is 2.22. The predicted molar refractivity (Wildman–Crippen MR) is 71.1 cm³/mol. The first-order valence-corrected chi connectivity index (χ1v) is 6.77. The maximum absolute atomic E-state index is 13.2. The maximum atomic E-state index is 13.2. The van der Waals surface area contributed by atoms with Crippen LogP contribution in [0.1, 0.15) is 30.9 Å². The van der Waals surface area contributed by atoms with E-state index in [0.29, 0.717) is 6.04 Å². The maximum Gasteiger partial charge on any atom is 0.126 e. The highest BCUT2D eigenvalue weighted by molar-refractivity contribution is 5.23. The summed E-state index contributed by atoms with van der Waals surface area (Å²) in [6.07, 6.45) is 2.34. The Morgan fingerprint density at radius 3 is 3.00 bits per heavy atom. The van der Waals surface area contributed by atoms with E-state index in [1.165, 1.54) is 18.4 Å². The lowest BCUT2D eigenvalue weighted by atomic mass is 10.1. The van der Waals surface area contributed by atoms with Crippen molar-refractivity contribution < 1.29 is 9.13 Å². The molecular formula is C15H22FNO. The van der Waals surface area contributed by atoms with Gasteiger partial charge in [-0.3, -0.25) is 4.90 Å². The number of nitrogens with zero attached hydrogens (tertiary/aromatic N) is 1. The third kappa shape index (κ3) is 3.30. The Morgan fingerprint density at radius 1 is 1.44 bits per heavy atom. The van der Waals surface area contributed by atoms with E-state index in [1.54, 1.807) is 6.07 Å². The monoisotopic (exact) mass is 251 g/mol. The van der Waals surface area contributed by atoms with Crippen molar-refractivity contribution >= 4 is 0 Å². The zero-order chi connectivity index (χ0) is 13.0. The Hall–Kier alpha value is -0.930. The molecule has 1 aromatic carbocycles. The van der Waals surface area contributed by atoms with Gasteiger partial charge in [-0.1, -0.05) is 25.5 Å². The lowest BCUT2D eigenvalue weighted by Crippen LogP contribution is -2.44. The molecule has 0 amide bonds. The number of rotatable bonds is 4. The van der Waals surface area contributed by atoms with Crippen LogP contribution in [0.15, 0.2) is 18.2 Å². The van der Waals surface area contributed by atoms with Gasteiger partial charge in [-0.2, -0.15) is 0 Å². The molecule has 1 heterocycles. The molecule has 1 atom stereocenters. The molecular weight excluding hydrogens is 229 g/mol. The summed E-state index contributed by atoms with van der Waals surface area (Å²) < 4.78 is 18.8. The highest BCUT2D eigenvalue weighted by Crippen LogP contribution is 2.17. The molecule has 0 aliphatic carbocycles. The van der Waals surface area contributed by atoms with Crippen LogP contribution in [0, 0.1) is 12.7 Å². The van der Waals surface area contributed by atoms with Gasteiger partial charge in [-0.05, 0) is 30.5 Å². The van der Waals surface area contributed by atoms with Crippen molar-refractivity contribution in [3.63, 3.8) is 0 Å². The molecule has 18 heavy (non-hydrogen) atoms. The fourth-order valence-corrected chi connectivity index (χ4v) is 2.54. The van der Waals surface area contributed by atoms with Gasteiger partial charge >= 0.3 is 0 Å². The van der Waals surface area contributed by atoms with Gasteiger partial charge in [0, 0.05) is 19.1 Å². The molecule has 2 rings (SSSR count). The third-order valence-electron chi connectivity index (χ3n) is 3.58. The molecule has 0 saturated carbocycles. The summed E-state index contributed by atoms with van der Waals surface area (Å²) in [5.41, 5.74) is 1.92. The second kappa shape index (κ2) is 6.30. The van der Waals surface area contributed by atoms with Gasteiger partial charge in [0.1, 0.15) is 5.82 Å². The number of halogens is 1. The smallest absolute Gasteiger partial charge is 0.126 e. The minimum atomic E-state index is -0.120. The molecule has 2 nitrogen and oxygen atoms in total. The average molecular weight is 251 g/mol. The van der Waals surface area contributed by atoms with Crippen LogP contribution in [0.3, 0.4) is 0 Å². The van der Waals surface area contributed by atoms with E-state index in [9.17, 15) is 4.39 Å². The number of benzene rings is 1. The summed E-state index contributed by atoms with van der Waals surface area (Å²) in [4.78, 5) is 2.46. The molecule has 3 heteroatoms. The topological polar surface area (TPSA) is 12.5 Å². The zero-order valence-electron chi connectivity index (χ0n) is 11.3. The van der Waals surface area contributed by atoms with E-state index in [0.717, 1.165) is 31.9 Å². The summed E-state index contributed by atoms with van der Waals surface area (Å²) in [6.45, 7) is 7.53. The molecule has 1 aliphatic rings. The number of aryl methyl sites for hydroxylation is 1. The van der Waals surface area contributed by atoms with Crippen molar-refractivity contribution in [2.75, 3.05) is 19.8 Å². The first-order chi connectivity index (χ1) is 8.70. The van der Waals surface area contributed by atoms with Crippen molar-refractivity contribution in [1.29, 1.82) is 0 Å². The first kappa shape index (κ1) is 13.5. The fourth-order valence-electron chi connectivity index (χ4n) is 2.54. The molecule has 0 radical (unpaired) electrons. The average Bonchev–Trinajstić information content (AvgIpc) is 2.37. The number of hydrogen-bond acceptors (Lipinski definition) is 2. The summed E-state index contributed by atoms with van der Waals surface area (Å²) in [5.74, 6) is -0.120. The molecule has 1 saturated heterocycles. The Labute approximate surface area is 109 Å². The number of hydrogen-bond donors (Lipinski definition) is 0. The Balaban J connectivity index is 2.03. The van der Waals surface area contributed by atoms with Gasteiger partial charge in [-0.15, -0.1) is 0 Å². The molecule has 0 N–H and O–H groups in total. The molecule has 1 fully saturated rings. The lowest BCUT2D eigenvalue weighted by Gasteiger charge is -2.35. The van der Waals surface area contributed by atoms with Crippen molar-refractivity contribution in [3.05, 3.63) is 35.1 Å². The van der Waals surface area contributed by atoms with Crippen molar-refractivity contribution in [2.24, 2.45) is 0 Å². The number of morpholine rings is 1. The molecule has 1 aliphatic heterocycles. The third-order valence-corrected chi connectivity index (χ3v) is 3.58. The van der Waals surface area contributed by atoms with Crippen LogP contribution in [0.5, 0.6) is 0 Å². The molecule has 1 aromatic rings. The van der Waals surface area contributed by atoms with Crippen molar-refractivity contribution in [1.82, 2.24) is 4.90 Å². The molecule has 1 unspecified atom stereocenters. The van der Waals surface area contributed by atoms with Crippen molar-refractivity contribution in [3.8, 4) is 0 Å². The van der Waals surface area contributed by atoms with Gasteiger partial charge in [0.2, 0.25) is 0 Å². The quantitative estimate of drug-likeness (QED) is 0.815. The standard InChI is InChI=1S/C15H22FNO/c1-3-4-14-11-18-8-7-17(14)10-13-5-6-15(16)12(2)9-13/h5-6,9,14H,3-4,7-8,10-11H2,1-2H3. The van der Waals surface area contributed by atoms with Gasteiger partial charge in [0.05, 0.1) is 13.2 Å². The van der Waals surface area contributed by atoms with E-state index in [1.807, 2.05) is 19.1 Å². The minimum Gasteiger partial charge on any atom is -0.378 e. The normalized spacial score (nSPS) is 21.2. The Bertz CT molecular complexity index is 392. The van der Waals surface area contributed by atoms with E-state index in [-0.39, 0.29) is 5.82 Å². The second-order valence-electron chi connectivity index (χ2n) is 5.07. The summed E-state index contributed by atoms with van der Waals surface area (Å²) in [5, 5.41) is 0. The molecule has 100 valence electrons. The van der Waals surface area contributed by atoms with Crippen molar-refractivity contribution in [2.45, 2.75) is 39.3 Å². The minimum absolute atomic E-state index is 0.120. The highest BCUT2D eigenvalue weighted by atomic mass is 19.1. The van der Waals surface area contributed by atoms with Gasteiger partial charge < -0.3 is 4.74 Å². The zero-order valence-corrected chi connectivity index (χ0v) is 11.3. The van der Waals surface area contributed by atoms with Crippen LogP contribution in [-0.2, 0) is 11.3 Å². The first-order valence-electron chi connectivity index (χ1n) is 6.77. The van der Waals surface area contributed by atoms with Crippen LogP contribution in [0.4, 0.5) is 4.39 Å². The summed E-state index contributed by atoms with van der Waals surface area (Å²) in [6, 6.07) is 5.92. The summed E-state index contributed by atoms with van der Waals surface area (Å²) >= 11 is 0. The van der Waals surface area contributed by atoms with Gasteiger partial charge in [-0.25, -0.2) is 4.39 Å². The van der Waals surface area contributed by atoms with Gasteiger partial charge in [0.25, 0.3) is 0 Å². The van der Waals surface area contributed by atoms with E-state index in [4.69, 9.17) is 4.74 Å². The molecule has 0 bridgehead atoms. The van der Waals surface area contributed by atoms with Crippen LogP contribution >= 0.6 is 0 Å². The predicted octanol–water partition coefficient (Wildman–Crippen LogP) is 3.14. The summed E-state index contributed by atoms with van der Waals surface area (Å²) in [7, 11) is 0. The van der Waals surface area contributed by atoms with E-state index >= 15 is 0 Å². The van der Waals surface area contributed by atoms with Crippen LogP contribution in [-0.4, -0.2) is 30.7 Å². The van der Waals surface area contributed by atoms with E-state index in [2.05, 4.69) is 11.8 Å². The number of ether oxygens (including phenoxy) is 1.